The van der Waals surface area contributed by atoms with Gasteiger partial charge in [0.25, 0.3) is 0 Å². The Labute approximate surface area is 215 Å². The van der Waals surface area contributed by atoms with Crippen molar-refractivity contribution in [3.8, 4) is 0 Å². The average Bonchev–Trinajstić information content (AvgIpc) is 3.34. The highest BCUT2D eigenvalue weighted by atomic mass is 32.1. The van der Waals surface area contributed by atoms with Crippen LogP contribution in [0.4, 0.5) is 0 Å². The number of carbonyl (C=O) groups is 4. The maximum Gasteiger partial charge on any atom is 0.326 e. The van der Waals surface area contributed by atoms with Crippen molar-refractivity contribution in [2.75, 3.05) is 18.8 Å². The quantitative estimate of drug-likeness (QED) is 0.0708. The number of nitrogens with one attached hydrogen (secondary N) is 2. The maximum absolute atomic E-state index is 13.2. The molecule has 1 saturated heterocycles. The minimum atomic E-state index is -1.20. The van der Waals surface area contributed by atoms with Crippen LogP contribution < -0.4 is 27.8 Å². The summed E-state index contributed by atoms with van der Waals surface area (Å²) < 4.78 is 0. The summed E-state index contributed by atoms with van der Waals surface area (Å²) in [5.74, 6) is -2.83. The number of guanidine groups is 1. The van der Waals surface area contributed by atoms with Gasteiger partial charge in [-0.1, -0.05) is 30.3 Å². The van der Waals surface area contributed by atoms with Crippen molar-refractivity contribution in [1.29, 1.82) is 0 Å². The lowest BCUT2D eigenvalue weighted by Crippen LogP contribution is -2.57. The number of aliphatic imine (C=N–C) groups is 1. The van der Waals surface area contributed by atoms with Crippen LogP contribution in [0.15, 0.2) is 35.3 Å². The number of carboxylic acids is 1. The SMILES string of the molecule is NC(N)=NCCCC(NC(=O)C1CCCN1C(=O)C(CS)NC(=O)C(N)Cc1ccccc1)C(=O)O. The highest BCUT2D eigenvalue weighted by Crippen LogP contribution is 2.19. The third kappa shape index (κ3) is 8.72. The molecular formula is C23H35N7O5S. The lowest BCUT2D eigenvalue weighted by molar-refractivity contribution is -0.144. The third-order valence-corrected chi connectivity index (χ3v) is 6.20. The van der Waals surface area contributed by atoms with Crippen molar-refractivity contribution in [1.82, 2.24) is 15.5 Å². The Balaban J connectivity index is 1.97. The van der Waals surface area contributed by atoms with Gasteiger partial charge >= 0.3 is 5.97 Å². The smallest absolute Gasteiger partial charge is 0.326 e. The van der Waals surface area contributed by atoms with E-state index in [9.17, 15) is 24.3 Å². The first-order valence-electron chi connectivity index (χ1n) is 11.7. The van der Waals surface area contributed by atoms with Gasteiger partial charge in [-0.25, -0.2) is 4.79 Å². The van der Waals surface area contributed by atoms with Crippen molar-refractivity contribution < 1.29 is 24.3 Å². The molecule has 0 aliphatic carbocycles. The van der Waals surface area contributed by atoms with Crippen LogP contribution in [0.1, 0.15) is 31.2 Å². The largest absolute Gasteiger partial charge is 0.480 e. The molecule has 36 heavy (non-hydrogen) atoms. The second-order valence-electron chi connectivity index (χ2n) is 8.58. The van der Waals surface area contributed by atoms with Gasteiger partial charge in [-0.2, -0.15) is 12.6 Å². The van der Waals surface area contributed by atoms with Gasteiger partial charge in [-0.3, -0.25) is 19.4 Å². The average molecular weight is 522 g/mol. The van der Waals surface area contributed by atoms with Gasteiger partial charge in [-0.15, -0.1) is 0 Å². The molecule has 1 aliphatic rings. The predicted octanol–water partition coefficient (Wildman–Crippen LogP) is -1.41. The second kappa shape index (κ2) is 14.3. The molecule has 0 aromatic heterocycles. The summed E-state index contributed by atoms with van der Waals surface area (Å²) >= 11 is 4.21. The van der Waals surface area contributed by atoms with Gasteiger partial charge in [0.2, 0.25) is 17.7 Å². The molecule has 1 fully saturated rings. The number of benzene rings is 1. The van der Waals surface area contributed by atoms with Crippen molar-refractivity contribution in [2.24, 2.45) is 22.2 Å². The molecule has 1 aromatic carbocycles. The van der Waals surface area contributed by atoms with Crippen LogP contribution in [0.2, 0.25) is 0 Å². The zero-order valence-corrected chi connectivity index (χ0v) is 20.9. The van der Waals surface area contributed by atoms with Gasteiger partial charge in [0.05, 0.1) is 6.04 Å². The zero-order valence-electron chi connectivity index (χ0n) is 20.0. The second-order valence-corrected chi connectivity index (χ2v) is 8.94. The number of thiol groups is 1. The number of rotatable bonds is 13. The van der Waals surface area contributed by atoms with Crippen LogP contribution in [-0.4, -0.2) is 82.7 Å². The Morgan fingerprint density at radius 2 is 1.83 bits per heavy atom. The molecule has 0 spiro atoms. The van der Waals surface area contributed by atoms with Crippen molar-refractivity contribution in [3.05, 3.63) is 35.9 Å². The number of carbonyl (C=O) groups excluding carboxylic acids is 3. The van der Waals surface area contributed by atoms with Gasteiger partial charge in [0.15, 0.2) is 5.96 Å². The van der Waals surface area contributed by atoms with E-state index in [0.29, 0.717) is 32.2 Å². The third-order valence-electron chi connectivity index (χ3n) is 5.83. The Morgan fingerprint density at radius 1 is 1.14 bits per heavy atom. The number of hydrogen-bond donors (Lipinski definition) is 7. The van der Waals surface area contributed by atoms with Crippen LogP contribution in [0.3, 0.4) is 0 Å². The molecule has 9 N–H and O–H groups in total. The molecule has 13 heteroatoms. The summed E-state index contributed by atoms with van der Waals surface area (Å²) in [6.07, 6.45) is 1.70. The van der Waals surface area contributed by atoms with Crippen LogP contribution in [-0.2, 0) is 25.6 Å². The summed E-state index contributed by atoms with van der Waals surface area (Å²) in [5.41, 5.74) is 17.4. The monoisotopic (exact) mass is 521 g/mol. The number of amides is 3. The van der Waals surface area contributed by atoms with E-state index in [0.717, 1.165) is 5.56 Å². The topological polar surface area (TPSA) is 206 Å². The van der Waals surface area contributed by atoms with Gasteiger partial charge in [-0.05, 0) is 37.7 Å². The maximum atomic E-state index is 13.2. The van der Waals surface area contributed by atoms with Crippen molar-refractivity contribution in [2.45, 2.75) is 56.3 Å². The van der Waals surface area contributed by atoms with E-state index in [-0.39, 0.29) is 24.7 Å². The number of nitrogens with two attached hydrogens (primary N) is 3. The molecular weight excluding hydrogens is 486 g/mol. The van der Waals surface area contributed by atoms with Gasteiger partial charge < -0.3 is 37.8 Å². The van der Waals surface area contributed by atoms with Gasteiger partial charge in [0.1, 0.15) is 18.1 Å². The van der Waals surface area contributed by atoms with E-state index in [1.807, 2.05) is 30.3 Å². The molecule has 1 aromatic rings. The summed E-state index contributed by atoms with van der Waals surface area (Å²) in [6, 6.07) is 5.41. The number of hydrogen-bond acceptors (Lipinski definition) is 7. The Bertz CT molecular complexity index is 942. The minimum absolute atomic E-state index is 0.00993. The normalized spacial score (nSPS) is 17.5. The van der Waals surface area contributed by atoms with Crippen molar-refractivity contribution in [3.63, 3.8) is 0 Å². The fraction of sp³-hybridized carbons (Fsp3) is 0.522. The first-order chi connectivity index (χ1) is 17.1. The van der Waals surface area contributed by atoms with Crippen LogP contribution in [0.5, 0.6) is 0 Å². The molecule has 12 nitrogen and oxygen atoms in total. The van der Waals surface area contributed by atoms with E-state index in [4.69, 9.17) is 17.2 Å². The molecule has 198 valence electrons. The molecule has 3 amide bonds. The first kappa shape index (κ1) is 28.9. The zero-order chi connectivity index (χ0) is 26.7. The first-order valence-corrected chi connectivity index (χ1v) is 12.4. The fourth-order valence-electron chi connectivity index (χ4n) is 3.96. The molecule has 1 aliphatic heterocycles. The van der Waals surface area contributed by atoms with Crippen LogP contribution in [0, 0.1) is 0 Å². The molecule has 1 heterocycles. The van der Waals surface area contributed by atoms with Gasteiger partial charge in [0, 0.05) is 18.8 Å². The molecule has 4 atom stereocenters. The number of aliphatic carboxylic acids is 1. The lowest BCUT2D eigenvalue weighted by atomic mass is 10.1. The van der Waals surface area contributed by atoms with Crippen molar-refractivity contribution >= 4 is 42.3 Å². The minimum Gasteiger partial charge on any atom is -0.480 e. The van der Waals surface area contributed by atoms with E-state index in [2.05, 4.69) is 28.3 Å². The van der Waals surface area contributed by atoms with E-state index in [1.165, 1.54) is 4.90 Å². The Kier molecular flexibility index (Phi) is 11.5. The lowest BCUT2D eigenvalue weighted by Gasteiger charge is -2.29. The highest BCUT2D eigenvalue weighted by Gasteiger charge is 2.38. The molecule has 0 bridgehead atoms. The highest BCUT2D eigenvalue weighted by molar-refractivity contribution is 7.80. The summed E-state index contributed by atoms with van der Waals surface area (Å²) in [6.45, 7) is 0.529. The summed E-state index contributed by atoms with van der Waals surface area (Å²) in [5, 5.41) is 14.6. The molecule has 4 unspecified atom stereocenters. The standard InChI is InChI=1S/C23H35N7O5S/c24-15(12-14-6-2-1-3-7-14)19(31)29-17(13-36)21(33)30-11-5-9-18(30)20(32)28-16(22(34)35)8-4-10-27-23(25)26/h1-3,6-7,15-18,36H,4-5,8-13,24H2,(H,28,32)(H,29,31)(H,34,35)(H4,25,26,27). The Hall–Kier alpha value is -3.32. The Morgan fingerprint density at radius 3 is 2.44 bits per heavy atom. The van der Waals surface area contributed by atoms with Crippen LogP contribution >= 0.6 is 12.6 Å². The molecule has 2 rings (SSSR count). The molecule has 0 saturated carbocycles. The number of carboxylic acid groups (broad SMARTS) is 1. The van der Waals surface area contributed by atoms with E-state index >= 15 is 0 Å². The molecule has 0 radical (unpaired) electrons. The van der Waals surface area contributed by atoms with Crippen LogP contribution in [0.25, 0.3) is 0 Å². The number of likely N-dealkylation sites (tertiary alicyclic amines) is 1. The van der Waals surface area contributed by atoms with E-state index < -0.39 is 47.9 Å². The van der Waals surface area contributed by atoms with E-state index in [1.54, 1.807) is 0 Å². The summed E-state index contributed by atoms with van der Waals surface area (Å²) in [7, 11) is 0. The number of nitrogens with zero attached hydrogens (tertiary/aromatic N) is 2. The predicted molar refractivity (Wildman–Crippen MR) is 138 cm³/mol. The fourth-order valence-corrected chi connectivity index (χ4v) is 4.20. The summed E-state index contributed by atoms with van der Waals surface area (Å²) in [4.78, 5) is 55.5.